The minimum absolute atomic E-state index is 0.0444. The van der Waals surface area contributed by atoms with Crippen LogP contribution in [0.2, 0.25) is 0 Å². The van der Waals surface area contributed by atoms with E-state index in [4.69, 9.17) is 11.5 Å². The highest BCUT2D eigenvalue weighted by atomic mass is 16.1. The number of rotatable bonds is 4. The summed E-state index contributed by atoms with van der Waals surface area (Å²) in [5, 5.41) is 4.06. The van der Waals surface area contributed by atoms with E-state index in [2.05, 4.69) is 20.3 Å². The first-order valence-corrected chi connectivity index (χ1v) is 8.33. The highest BCUT2D eigenvalue weighted by Gasteiger charge is 2.26. The maximum Gasteiger partial charge on any atom is 0.227 e. The van der Waals surface area contributed by atoms with Crippen LogP contribution in [0.25, 0.3) is 11.0 Å². The summed E-state index contributed by atoms with van der Waals surface area (Å²) < 4.78 is 0. The monoisotopic (exact) mass is 328 g/mol. The Morgan fingerprint density at radius 1 is 1.38 bits per heavy atom. The van der Waals surface area contributed by atoms with Crippen molar-refractivity contribution in [2.24, 2.45) is 28.3 Å². The zero-order chi connectivity index (χ0) is 17.1. The van der Waals surface area contributed by atoms with Gasteiger partial charge in [0.15, 0.2) is 5.96 Å². The maximum atomic E-state index is 12.6. The highest BCUT2D eigenvalue weighted by Crippen LogP contribution is 2.31. The third-order valence-corrected chi connectivity index (χ3v) is 4.78. The quantitative estimate of drug-likeness (QED) is 0.505. The summed E-state index contributed by atoms with van der Waals surface area (Å²) >= 11 is 0. The normalized spacial score (nSPS) is 20.7. The summed E-state index contributed by atoms with van der Waals surface area (Å²) in [4.78, 5) is 24.1. The number of amides is 1. The number of aromatic nitrogens is 2. The van der Waals surface area contributed by atoms with E-state index >= 15 is 0 Å². The summed E-state index contributed by atoms with van der Waals surface area (Å²) in [6, 6.07) is 1.85. The van der Waals surface area contributed by atoms with Crippen molar-refractivity contribution >= 4 is 28.6 Å². The van der Waals surface area contributed by atoms with Crippen molar-refractivity contribution in [2.45, 2.75) is 32.6 Å². The number of hydrogen-bond acceptors (Lipinski definition) is 3. The van der Waals surface area contributed by atoms with Crippen LogP contribution in [-0.4, -0.2) is 28.4 Å². The Bertz CT molecular complexity index is 754. The van der Waals surface area contributed by atoms with Crippen LogP contribution in [0.4, 0.5) is 5.69 Å². The van der Waals surface area contributed by atoms with E-state index in [0.29, 0.717) is 12.5 Å². The van der Waals surface area contributed by atoms with Crippen LogP contribution in [0.15, 0.2) is 23.5 Å². The largest absolute Gasteiger partial charge is 0.370 e. The van der Waals surface area contributed by atoms with Gasteiger partial charge in [0.2, 0.25) is 5.91 Å². The third kappa shape index (κ3) is 3.50. The molecule has 1 amide bonds. The number of hydrogen-bond donors (Lipinski definition) is 4. The Morgan fingerprint density at radius 2 is 2.12 bits per heavy atom. The van der Waals surface area contributed by atoms with Crippen LogP contribution in [0, 0.1) is 18.8 Å². The van der Waals surface area contributed by atoms with Crippen LogP contribution in [0.1, 0.15) is 31.2 Å². The second kappa shape index (κ2) is 6.90. The van der Waals surface area contributed by atoms with Gasteiger partial charge in [0, 0.05) is 30.2 Å². The minimum atomic E-state index is 0.0444. The lowest BCUT2D eigenvalue weighted by Crippen LogP contribution is -2.29. The van der Waals surface area contributed by atoms with Gasteiger partial charge >= 0.3 is 0 Å². The lowest BCUT2D eigenvalue weighted by Gasteiger charge is -2.26. The topological polar surface area (TPSA) is 122 Å². The van der Waals surface area contributed by atoms with E-state index in [1.54, 1.807) is 6.20 Å². The van der Waals surface area contributed by atoms with Gasteiger partial charge in [-0.1, -0.05) is 0 Å². The predicted molar refractivity (Wildman–Crippen MR) is 95.6 cm³/mol. The molecule has 1 fully saturated rings. The lowest BCUT2D eigenvalue weighted by atomic mass is 9.81. The molecule has 0 radical (unpaired) electrons. The van der Waals surface area contributed by atoms with Gasteiger partial charge in [-0.15, -0.1) is 0 Å². The van der Waals surface area contributed by atoms with E-state index in [1.165, 1.54) is 0 Å². The number of aryl methyl sites for hydroxylation is 1. The molecule has 7 heteroatoms. The van der Waals surface area contributed by atoms with Crippen LogP contribution < -0.4 is 16.8 Å². The van der Waals surface area contributed by atoms with Crippen LogP contribution in [-0.2, 0) is 4.79 Å². The van der Waals surface area contributed by atoms with Gasteiger partial charge in [-0.25, -0.2) is 4.98 Å². The van der Waals surface area contributed by atoms with Crippen molar-refractivity contribution in [3.63, 3.8) is 0 Å². The molecule has 2 aromatic heterocycles. The zero-order valence-corrected chi connectivity index (χ0v) is 13.9. The molecule has 0 saturated heterocycles. The summed E-state index contributed by atoms with van der Waals surface area (Å²) in [6.07, 6.45) is 7.31. The first-order chi connectivity index (χ1) is 11.5. The molecule has 0 aliphatic heterocycles. The molecule has 0 spiro atoms. The number of fused-ring (bicyclic) bond motifs is 1. The van der Waals surface area contributed by atoms with Crippen LogP contribution in [0.5, 0.6) is 0 Å². The molecular formula is C17H24N6O. The Balaban J connectivity index is 1.62. The average molecular weight is 328 g/mol. The number of aliphatic imine (C=N–C) groups is 1. The van der Waals surface area contributed by atoms with Crippen molar-refractivity contribution in [1.29, 1.82) is 0 Å². The fraction of sp³-hybridized carbons (Fsp3) is 0.471. The molecule has 7 nitrogen and oxygen atoms in total. The number of nitrogens with one attached hydrogen (secondary N) is 2. The van der Waals surface area contributed by atoms with Gasteiger partial charge < -0.3 is 21.8 Å². The van der Waals surface area contributed by atoms with Gasteiger partial charge in [-0.2, -0.15) is 0 Å². The van der Waals surface area contributed by atoms with E-state index < -0.39 is 0 Å². The summed E-state index contributed by atoms with van der Waals surface area (Å²) in [5.74, 6) is 0.737. The van der Waals surface area contributed by atoms with Gasteiger partial charge in [0.05, 0.1) is 5.69 Å². The molecule has 3 rings (SSSR count). The number of guanidine groups is 1. The van der Waals surface area contributed by atoms with Crippen molar-refractivity contribution in [3.05, 3.63) is 24.0 Å². The first-order valence-electron chi connectivity index (χ1n) is 8.33. The average Bonchev–Trinajstić information content (AvgIpc) is 2.96. The molecule has 0 unspecified atom stereocenters. The fourth-order valence-electron chi connectivity index (χ4n) is 3.40. The molecule has 1 aliphatic carbocycles. The summed E-state index contributed by atoms with van der Waals surface area (Å²) in [5.41, 5.74) is 13.5. The molecule has 128 valence electrons. The van der Waals surface area contributed by atoms with Crippen molar-refractivity contribution in [1.82, 2.24) is 9.97 Å². The molecular weight excluding hydrogens is 304 g/mol. The second-order valence-corrected chi connectivity index (χ2v) is 6.53. The molecule has 2 heterocycles. The molecule has 1 saturated carbocycles. The Labute approximate surface area is 140 Å². The fourth-order valence-corrected chi connectivity index (χ4v) is 3.40. The number of anilines is 1. The first kappa shape index (κ1) is 16.3. The van der Waals surface area contributed by atoms with Crippen molar-refractivity contribution in [3.8, 4) is 0 Å². The Morgan fingerprint density at radius 3 is 2.83 bits per heavy atom. The standard InChI is InChI=1S/C17H24N6O/c1-10-8-21-15-14(10)13(6-7-20-15)23-16(24)12-4-2-11(3-5-12)9-22-17(18)19/h6-8,11-12H,2-5,9H2,1H3,(H4,18,19,22)(H2,20,21,23,24). The molecule has 0 bridgehead atoms. The molecule has 1 aliphatic rings. The molecule has 0 aromatic carbocycles. The van der Waals surface area contributed by atoms with Gasteiger partial charge in [-0.3, -0.25) is 9.79 Å². The molecule has 24 heavy (non-hydrogen) atoms. The van der Waals surface area contributed by atoms with E-state index in [9.17, 15) is 4.79 Å². The van der Waals surface area contributed by atoms with Gasteiger partial charge in [0.25, 0.3) is 0 Å². The van der Waals surface area contributed by atoms with Gasteiger partial charge in [0.1, 0.15) is 5.65 Å². The van der Waals surface area contributed by atoms with Crippen LogP contribution >= 0.6 is 0 Å². The van der Waals surface area contributed by atoms with E-state index in [1.807, 2.05) is 19.2 Å². The predicted octanol–water partition coefficient (Wildman–Crippen LogP) is 1.89. The number of carbonyl (C=O) groups is 1. The Kier molecular flexibility index (Phi) is 4.69. The van der Waals surface area contributed by atoms with Crippen molar-refractivity contribution < 1.29 is 4.79 Å². The number of nitrogens with two attached hydrogens (primary N) is 2. The SMILES string of the molecule is Cc1c[nH]c2nccc(NC(=O)C3CCC(CN=C(N)N)CC3)c12. The number of carbonyl (C=O) groups excluding carboxylic acids is 1. The number of pyridine rings is 1. The smallest absolute Gasteiger partial charge is 0.227 e. The number of H-pyrrole nitrogens is 1. The van der Waals surface area contributed by atoms with E-state index in [0.717, 1.165) is 48.0 Å². The summed E-state index contributed by atoms with van der Waals surface area (Å²) in [7, 11) is 0. The van der Waals surface area contributed by atoms with E-state index in [-0.39, 0.29) is 17.8 Å². The highest BCUT2D eigenvalue weighted by molar-refractivity contribution is 6.02. The molecule has 2 aromatic rings. The molecule has 0 atom stereocenters. The zero-order valence-electron chi connectivity index (χ0n) is 13.9. The lowest BCUT2D eigenvalue weighted by molar-refractivity contribution is -0.121. The minimum Gasteiger partial charge on any atom is -0.370 e. The van der Waals surface area contributed by atoms with Crippen LogP contribution in [0.3, 0.4) is 0 Å². The summed E-state index contributed by atoms with van der Waals surface area (Å²) in [6.45, 7) is 2.66. The Hall–Kier alpha value is -2.57. The number of aromatic amines is 1. The number of nitrogens with zero attached hydrogens (tertiary/aromatic N) is 2. The van der Waals surface area contributed by atoms with Crippen molar-refractivity contribution in [2.75, 3.05) is 11.9 Å². The molecule has 6 N–H and O–H groups in total. The third-order valence-electron chi connectivity index (χ3n) is 4.78. The van der Waals surface area contributed by atoms with Gasteiger partial charge in [-0.05, 0) is 50.2 Å². The maximum absolute atomic E-state index is 12.6. The second-order valence-electron chi connectivity index (χ2n) is 6.53.